The van der Waals surface area contributed by atoms with E-state index in [1.165, 1.54) is 11.8 Å². The highest BCUT2D eigenvalue weighted by atomic mass is 32.2. The summed E-state index contributed by atoms with van der Waals surface area (Å²) in [7, 11) is 0. The minimum Gasteiger partial charge on any atom is -0.456 e. The number of para-hydroxylation sites is 1. The minimum absolute atomic E-state index is 0.154. The minimum atomic E-state index is -0.154. The first kappa shape index (κ1) is 16.1. The van der Waals surface area contributed by atoms with Crippen molar-refractivity contribution in [3.63, 3.8) is 0 Å². The largest absolute Gasteiger partial charge is 0.456 e. The highest BCUT2D eigenvalue weighted by molar-refractivity contribution is 8.26. The molecule has 6 heteroatoms. The van der Waals surface area contributed by atoms with E-state index < -0.39 is 0 Å². The first-order valence-corrected chi connectivity index (χ1v) is 9.26. The molecule has 1 heterocycles. The van der Waals surface area contributed by atoms with Gasteiger partial charge in [-0.25, -0.2) is 0 Å². The van der Waals surface area contributed by atoms with E-state index in [9.17, 15) is 4.79 Å². The van der Waals surface area contributed by atoms with Crippen LogP contribution in [0.25, 0.3) is 6.08 Å². The molecule has 3 rings (SSSR count). The van der Waals surface area contributed by atoms with Gasteiger partial charge in [-0.3, -0.25) is 4.79 Å². The monoisotopic (exact) mass is 359 g/mol. The second-order valence-electron chi connectivity index (χ2n) is 4.68. The van der Waals surface area contributed by atoms with Gasteiger partial charge in [0.2, 0.25) is 0 Å². The van der Waals surface area contributed by atoms with Crippen LogP contribution in [0.5, 0.6) is 11.5 Å². The molecule has 0 aromatic heterocycles. The maximum Gasteiger partial charge on any atom is 0.263 e. The SMILES string of the molecule is CSc1ccccc1Oc1cccc(C=C2SC(=S)NC2=O)c1. The fourth-order valence-corrected chi connectivity index (χ4v) is 3.64. The van der Waals surface area contributed by atoms with Crippen LogP contribution in [-0.4, -0.2) is 16.5 Å². The number of hydrogen-bond donors (Lipinski definition) is 1. The Kier molecular flexibility index (Phi) is 5.05. The molecular formula is C17H13NO2S3. The van der Waals surface area contributed by atoms with Crippen LogP contribution in [0.1, 0.15) is 5.56 Å². The highest BCUT2D eigenvalue weighted by Crippen LogP contribution is 2.32. The van der Waals surface area contributed by atoms with E-state index in [0.717, 1.165) is 22.0 Å². The van der Waals surface area contributed by atoms with Crippen LogP contribution >= 0.6 is 35.7 Å². The first-order chi connectivity index (χ1) is 11.2. The zero-order valence-electron chi connectivity index (χ0n) is 12.2. The van der Waals surface area contributed by atoms with Gasteiger partial charge < -0.3 is 10.1 Å². The lowest BCUT2D eigenvalue weighted by atomic mass is 10.2. The number of thioether (sulfide) groups is 2. The van der Waals surface area contributed by atoms with E-state index in [1.54, 1.807) is 11.8 Å². The van der Waals surface area contributed by atoms with Gasteiger partial charge in [0.25, 0.3) is 5.91 Å². The molecule has 23 heavy (non-hydrogen) atoms. The molecule has 1 fully saturated rings. The summed E-state index contributed by atoms with van der Waals surface area (Å²) in [5.41, 5.74) is 0.895. The summed E-state index contributed by atoms with van der Waals surface area (Å²) < 4.78 is 6.46. The first-order valence-electron chi connectivity index (χ1n) is 6.81. The molecule has 0 saturated carbocycles. The van der Waals surface area contributed by atoms with Gasteiger partial charge in [-0.15, -0.1) is 11.8 Å². The molecule has 3 nitrogen and oxygen atoms in total. The number of nitrogens with one attached hydrogen (secondary N) is 1. The predicted octanol–water partition coefficient (Wildman–Crippen LogP) is 4.69. The summed E-state index contributed by atoms with van der Waals surface area (Å²) in [5, 5.41) is 2.61. The van der Waals surface area contributed by atoms with E-state index >= 15 is 0 Å². The molecule has 1 N–H and O–H groups in total. The Morgan fingerprint density at radius 2 is 2.04 bits per heavy atom. The number of thiocarbonyl (C=S) groups is 1. The number of hydrogen-bond acceptors (Lipinski definition) is 5. The quantitative estimate of drug-likeness (QED) is 0.487. The van der Waals surface area contributed by atoms with Gasteiger partial charge >= 0.3 is 0 Å². The van der Waals surface area contributed by atoms with Crippen molar-refractivity contribution in [2.45, 2.75) is 4.90 Å². The molecular weight excluding hydrogens is 346 g/mol. The molecule has 116 valence electrons. The predicted molar refractivity (Wildman–Crippen MR) is 101 cm³/mol. The fourth-order valence-electron chi connectivity index (χ4n) is 2.07. The third kappa shape index (κ3) is 3.96. The normalized spacial score (nSPS) is 15.8. The summed E-state index contributed by atoms with van der Waals surface area (Å²) in [6, 6.07) is 15.5. The number of amides is 1. The standard InChI is InChI=1S/C17H13NO2S3/c1-22-14-8-3-2-7-13(14)20-12-6-4-5-11(9-12)10-15-16(19)18-17(21)23-15/h2-10H,1H3,(H,18,19,21). The van der Waals surface area contributed by atoms with Crippen LogP contribution in [0.15, 0.2) is 58.3 Å². The van der Waals surface area contributed by atoms with Gasteiger partial charge in [-0.2, -0.15) is 0 Å². The van der Waals surface area contributed by atoms with Crippen LogP contribution in [-0.2, 0) is 4.79 Å². The third-order valence-corrected chi connectivity index (χ3v) is 5.03. The van der Waals surface area contributed by atoms with Crippen molar-refractivity contribution >= 4 is 52.0 Å². The van der Waals surface area contributed by atoms with Crippen molar-refractivity contribution in [3.8, 4) is 11.5 Å². The number of carbonyl (C=O) groups is 1. The van der Waals surface area contributed by atoms with Gasteiger partial charge in [0.05, 0.1) is 4.91 Å². The van der Waals surface area contributed by atoms with Crippen molar-refractivity contribution < 1.29 is 9.53 Å². The lowest BCUT2D eigenvalue weighted by molar-refractivity contribution is -0.115. The van der Waals surface area contributed by atoms with Gasteiger partial charge in [0.15, 0.2) is 0 Å². The molecule has 2 aromatic rings. The van der Waals surface area contributed by atoms with E-state index in [-0.39, 0.29) is 5.91 Å². The summed E-state index contributed by atoms with van der Waals surface area (Å²) in [4.78, 5) is 13.4. The molecule has 1 amide bonds. The molecule has 2 aromatic carbocycles. The van der Waals surface area contributed by atoms with Crippen molar-refractivity contribution in [3.05, 3.63) is 59.0 Å². The van der Waals surface area contributed by atoms with Crippen molar-refractivity contribution in [1.82, 2.24) is 5.32 Å². The zero-order chi connectivity index (χ0) is 16.2. The fraction of sp³-hybridized carbons (Fsp3) is 0.0588. The van der Waals surface area contributed by atoms with Gasteiger partial charge in [-0.1, -0.05) is 48.2 Å². The van der Waals surface area contributed by atoms with Crippen molar-refractivity contribution in [2.75, 3.05) is 6.26 Å². The summed E-state index contributed by atoms with van der Waals surface area (Å²) in [6.45, 7) is 0. The Balaban J connectivity index is 1.84. The van der Waals surface area contributed by atoms with Gasteiger partial charge in [-0.05, 0) is 42.2 Å². The molecule has 1 aliphatic heterocycles. The van der Waals surface area contributed by atoms with Crippen LogP contribution in [0.4, 0.5) is 0 Å². The molecule has 1 saturated heterocycles. The lowest BCUT2D eigenvalue weighted by Gasteiger charge is -2.09. The number of rotatable bonds is 4. The number of carbonyl (C=O) groups excluding carboxylic acids is 1. The van der Waals surface area contributed by atoms with Crippen LogP contribution < -0.4 is 10.1 Å². The van der Waals surface area contributed by atoms with E-state index in [1.807, 2.05) is 60.9 Å². The van der Waals surface area contributed by atoms with E-state index in [0.29, 0.717) is 9.23 Å². The van der Waals surface area contributed by atoms with Crippen LogP contribution in [0, 0.1) is 0 Å². The Bertz CT molecular complexity index is 802. The van der Waals surface area contributed by atoms with E-state index in [2.05, 4.69) is 5.32 Å². The molecule has 0 unspecified atom stereocenters. The maximum atomic E-state index is 11.7. The molecule has 0 bridgehead atoms. The molecule has 1 aliphatic rings. The van der Waals surface area contributed by atoms with Gasteiger partial charge in [0, 0.05) is 4.90 Å². The van der Waals surface area contributed by atoms with Gasteiger partial charge in [0.1, 0.15) is 15.8 Å². The summed E-state index contributed by atoms with van der Waals surface area (Å²) >= 11 is 7.90. The topological polar surface area (TPSA) is 38.3 Å². The molecule has 0 atom stereocenters. The average molecular weight is 359 g/mol. The maximum absolute atomic E-state index is 11.7. The smallest absolute Gasteiger partial charge is 0.263 e. The van der Waals surface area contributed by atoms with Crippen LogP contribution in [0.3, 0.4) is 0 Å². The Morgan fingerprint density at radius 3 is 2.78 bits per heavy atom. The molecule has 0 radical (unpaired) electrons. The Hall–Kier alpha value is -1.76. The number of benzene rings is 2. The van der Waals surface area contributed by atoms with Crippen molar-refractivity contribution in [2.24, 2.45) is 0 Å². The lowest BCUT2D eigenvalue weighted by Crippen LogP contribution is -2.17. The third-order valence-electron chi connectivity index (χ3n) is 3.09. The van der Waals surface area contributed by atoms with Crippen LogP contribution in [0.2, 0.25) is 0 Å². The number of ether oxygens (including phenoxy) is 1. The zero-order valence-corrected chi connectivity index (χ0v) is 14.7. The van der Waals surface area contributed by atoms with Crippen molar-refractivity contribution in [1.29, 1.82) is 0 Å². The Morgan fingerprint density at radius 1 is 1.22 bits per heavy atom. The molecule has 0 spiro atoms. The average Bonchev–Trinajstić information content (AvgIpc) is 2.86. The highest BCUT2D eigenvalue weighted by Gasteiger charge is 2.21. The summed E-state index contributed by atoms with van der Waals surface area (Å²) in [6.07, 6.45) is 3.83. The second kappa shape index (κ2) is 7.21. The second-order valence-corrected chi connectivity index (χ2v) is 7.24. The Labute approximate surface area is 148 Å². The molecule has 0 aliphatic carbocycles. The van der Waals surface area contributed by atoms with E-state index in [4.69, 9.17) is 17.0 Å². The summed E-state index contributed by atoms with van der Waals surface area (Å²) in [5.74, 6) is 1.39.